The van der Waals surface area contributed by atoms with Crippen LogP contribution in [0.2, 0.25) is 0 Å². The van der Waals surface area contributed by atoms with Gasteiger partial charge in [0.1, 0.15) is 11.5 Å². The first kappa shape index (κ1) is 25.9. The fourth-order valence-corrected chi connectivity index (χ4v) is 7.79. The summed E-state index contributed by atoms with van der Waals surface area (Å²) in [5.74, 6) is 1.54. The molecule has 0 spiro atoms. The predicted molar refractivity (Wildman–Crippen MR) is 195 cm³/mol. The Labute approximate surface area is 271 Å². The van der Waals surface area contributed by atoms with E-state index in [0.717, 1.165) is 33.4 Å². The maximum Gasteiger partial charge on any atom is 0.136 e. The van der Waals surface area contributed by atoms with Gasteiger partial charge in [0.05, 0.1) is 11.6 Å². The molecule has 0 aliphatic carbocycles. The van der Waals surface area contributed by atoms with Crippen molar-refractivity contribution in [1.29, 1.82) is 5.26 Å². The number of hydrogen-bond acceptors (Lipinski definition) is 2. The summed E-state index contributed by atoms with van der Waals surface area (Å²) >= 11 is 0. The van der Waals surface area contributed by atoms with Gasteiger partial charge >= 0.3 is 0 Å². The van der Waals surface area contributed by atoms with Crippen LogP contribution in [0.15, 0.2) is 152 Å². The van der Waals surface area contributed by atoms with E-state index in [9.17, 15) is 5.26 Å². The van der Waals surface area contributed by atoms with Crippen molar-refractivity contribution in [3.8, 4) is 50.9 Å². The molecule has 2 heteroatoms. The van der Waals surface area contributed by atoms with E-state index in [1.165, 1.54) is 65.3 Å². The van der Waals surface area contributed by atoms with Crippen molar-refractivity contribution < 1.29 is 4.74 Å². The van der Waals surface area contributed by atoms with Crippen molar-refractivity contribution in [3.05, 3.63) is 157 Å². The van der Waals surface area contributed by atoms with Gasteiger partial charge in [0, 0.05) is 10.9 Å². The summed E-state index contributed by atoms with van der Waals surface area (Å²) in [4.78, 5) is 0. The van der Waals surface area contributed by atoms with Gasteiger partial charge in [-0.15, -0.1) is 0 Å². The zero-order valence-corrected chi connectivity index (χ0v) is 25.3. The summed E-state index contributed by atoms with van der Waals surface area (Å²) in [5.41, 5.74) is 7.60. The topological polar surface area (TPSA) is 33.0 Å². The standard InChI is InChI=1S/C45H25NO/c46-26-27-19-20-36-38-22-21-35(37-17-8-18-43(45(37)38)47-44(36)23-27)40-25-42-33-14-5-3-12-31(33)39(24-41(42)34-15-6-4-13-32(34)40)30-16-7-10-28-9-1-2-11-29(28)30/h1-25H. The maximum atomic E-state index is 9.49. The average Bonchev–Trinajstić information content (AvgIpc) is 3.14. The molecule has 0 saturated carbocycles. The first-order valence-electron chi connectivity index (χ1n) is 15.9. The molecular formula is C45H25NO. The van der Waals surface area contributed by atoms with Gasteiger partial charge in [0.2, 0.25) is 0 Å². The molecule has 1 heterocycles. The first-order chi connectivity index (χ1) is 23.3. The molecule has 10 rings (SSSR count). The lowest BCUT2D eigenvalue weighted by Crippen LogP contribution is -1.98. The van der Waals surface area contributed by atoms with E-state index < -0.39 is 0 Å². The van der Waals surface area contributed by atoms with E-state index in [0.29, 0.717) is 5.56 Å². The molecule has 216 valence electrons. The van der Waals surface area contributed by atoms with Gasteiger partial charge in [0.15, 0.2) is 0 Å². The third kappa shape index (κ3) is 3.72. The van der Waals surface area contributed by atoms with Crippen LogP contribution in [0.3, 0.4) is 0 Å². The molecule has 0 unspecified atom stereocenters. The Balaban J connectivity index is 1.29. The predicted octanol–water partition coefficient (Wildman–Crippen LogP) is 12.4. The Morgan fingerprint density at radius 3 is 1.64 bits per heavy atom. The molecule has 1 aliphatic rings. The molecule has 1 aliphatic heterocycles. The lowest BCUT2D eigenvalue weighted by atomic mass is 9.84. The average molecular weight is 596 g/mol. The third-order valence-electron chi connectivity index (χ3n) is 9.88. The number of nitriles is 1. The Hall–Kier alpha value is -6.43. The van der Waals surface area contributed by atoms with Gasteiger partial charge in [0.25, 0.3) is 0 Å². The van der Waals surface area contributed by atoms with Crippen molar-refractivity contribution in [1.82, 2.24) is 0 Å². The molecule has 47 heavy (non-hydrogen) atoms. The summed E-state index contributed by atoms with van der Waals surface area (Å²) in [5, 5.41) is 21.7. The van der Waals surface area contributed by atoms with Crippen LogP contribution in [-0.4, -0.2) is 0 Å². The van der Waals surface area contributed by atoms with Crippen molar-refractivity contribution in [3.63, 3.8) is 0 Å². The molecular weight excluding hydrogens is 571 g/mol. The number of nitrogens with zero attached hydrogens (tertiary/aromatic N) is 1. The second-order valence-electron chi connectivity index (χ2n) is 12.3. The quantitative estimate of drug-likeness (QED) is 0.186. The Morgan fingerprint density at radius 2 is 0.915 bits per heavy atom. The monoisotopic (exact) mass is 595 g/mol. The zero-order valence-electron chi connectivity index (χ0n) is 25.3. The van der Waals surface area contributed by atoms with Crippen LogP contribution in [0.5, 0.6) is 11.5 Å². The molecule has 2 nitrogen and oxygen atoms in total. The molecule has 0 fully saturated rings. The highest BCUT2D eigenvalue weighted by Crippen LogP contribution is 2.50. The largest absolute Gasteiger partial charge is 0.456 e. The van der Waals surface area contributed by atoms with Crippen LogP contribution in [0, 0.1) is 11.3 Å². The number of fused-ring (bicyclic) bond motifs is 8. The Morgan fingerprint density at radius 1 is 0.362 bits per heavy atom. The second kappa shape index (κ2) is 9.78. The van der Waals surface area contributed by atoms with Gasteiger partial charge < -0.3 is 4.74 Å². The number of hydrogen-bond donors (Lipinski definition) is 0. The number of benzene rings is 9. The lowest BCUT2D eigenvalue weighted by Gasteiger charge is -2.23. The van der Waals surface area contributed by atoms with Crippen LogP contribution in [0.1, 0.15) is 5.56 Å². The normalized spacial score (nSPS) is 12.0. The van der Waals surface area contributed by atoms with Crippen LogP contribution >= 0.6 is 0 Å². The summed E-state index contributed by atoms with van der Waals surface area (Å²) in [6, 6.07) is 56.4. The molecule has 9 aromatic rings. The van der Waals surface area contributed by atoms with Crippen molar-refractivity contribution in [2.75, 3.05) is 0 Å². The van der Waals surface area contributed by atoms with Crippen LogP contribution in [-0.2, 0) is 0 Å². The Bertz CT molecular complexity index is 2830. The maximum absolute atomic E-state index is 9.49. The van der Waals surface area contributed by atoms with E-state index in [4.69, 9.17) is 4.74 Å². The van der Waals surface area contributed by atoms with Crippen molar-refractivity contribution in [2.24, 2.45) is 0 Å². The molecule has 0 saturated heterocycles. The van der Waals surface area contributed by atoms with Gasteiger partial charge in [-0.1, -0.05) is 115 Å². The molecule has 0 aromatic heterocycles. The van der Waals surface area contributed by atoms with Crippen molar-refractivity contribution in [2.45, 2.75) is 0 Å². The van der Waals surface area contributed by atoms with Crippen LogP contribution in [0.25, 0.3) is 87.2 Å². The van der Waals surface area contributed by atoms with Crippen LogP contribution < -0.4 is 4.74 Å². The van der Waals surface area contributed by atoms with E-state index >= 15 is 0 Å². The minimum Gasteiger partial charge on any atom is -0.456 e. The first-order valence-corrected chi connectivity index (χ1v) is 15.9. The van der Waals surface area contributed by atoms with Gasteiger partial charge in [-0.25, -0.2) is 0 Å². The molecule has 0 N–H and O–H groups in total. The minimum atomic E-state index is 0.592. The van der Waals surface area contributed by atoms with E-state index in [1.807, 2.05) is 24.3 Å². The highest BCUT2D eigenvalue weighted by molar-refractivity contribution is 6.26. The summed E-state index contributed by atoms with van der Waals surface area (Å²) < 4.78 is 6.43. The SMILES string of the molecule is N#Cc1ccc2c(c1)Oc1cccc3c(-c4cc5c6ccccc6c(-c6cccc7ccccc67)cc5c5ccccc45)ccc-2c13. The van der Waals surface area contributed by atoms with E-state index in [-0.39, 0.29) is 0 Å². The van der Waals surface area contributed by atoms with E-state index in [2.05, 4.69) is 133 Å². The van der Waals surface area contributed by atoms with Gasteiger partial charge in [-0.3, -0.25) is 0 Å². The number of rotatable bonds is 2. The molecule has 0 atom stereocenters. The third-order valence-corrected chi connectivity index (χ3v) is 9.88. The minimum absolute atomic E-state index is 0.592. The second-order valence-corrected chi connectivity index (χ2v) is 12.3. The Kier molecular flexibility index (Phi) is 5.38. The molecule has 0 bridgehead atoms. The van der Waals surface area contributed by atoms with Gasteiger partial charge in [-0.05, 0) is 113 Å². The van der Waals surface area contributed by atoms with Crippen LogP contribution in [0.4, 0.5) is 0 Å². The smallest absolute Gasteiger partial charge is 0.136 e. The zero-order chi connectivity index (χ0) is 31.1. The summed E-state index contributed by atoms with van der Waals surface area (Å²) in [6.45, 7) is 0. The van der Waals surface area contributed by atoms with E-state index in [1.54, 1.807) is 0 Å². The number of ether oxygens (including phenoxy) is 1. The van der Waals surface area contributed by atoms with Crippen molar-refractivity contribution >= 4 is 53.9 Å². The highest BCUT2D eigenvalue weighted by Gasteiger charge is 2.23. The highest BCUT2D eigenvalue weighted by atomic mass is 16.5. The van der Waals surface area contributed by atoms with Gasteiger partial charge in [-0.2, -0.15) is 5.26 Å². The fraction of sp³-hybridized carbons (Fsp3) is 0. The molecule has 0 amide bonds. The molecule has 9 aromatic carbocycles. The summed E-state index contributed by atoms with van der Waals surface area (Å²) in [6.07, 6.45) is 0. The molecule has 0 radical (unpaired) electrons. The fourth-order valence-electron chi connectivity index (χ4n) is 7.79. The summed E-state index contributed by atoms with van der Waals surface area (Å²) in [7, 11) is 0. The lowest BCUT2D eigenvalue weighted by molar-refractivity contribution is 0.487.